The van der Waals surface area contributed by atoms with E-state index in [1.54, 1.807) is 6.20 Å². The van der Waals surface area contributed by atoms with Gasteiger partial charge in [0, 0.05) is 30.6 Å². The van der Waals surface area contributed by atoms with Gasteiger partial charge in [-0.3, -0.25) is 4.79 Å². The molecule has 130 valence electrons. The molecule has 1 fully saturated rings. The first kappa shape index (κ1) is 16.1. The van der Waals surface area contributed by atoms with E-state index < -0.39 is 0 Å². The van der Waals surface area contributed by atoms with Gasteiger partial charge in [-0.1, -0.05) is 18.1 Å². The van der Waals surface area contributed by atoms with Crippen LogP contribution in [0.2, 0.25) is 0 Å². The lowest BCUT2D eigenvalue weighted by Gasteiger charge is -2.29. The summed E-state index contributed by atoms with van der Waals surface area (Å²) in [5.41, 5.74) is 2.50. The second kappa shape index (κ2) is 6.48. The van der Waals surface area contributed by atoms with Crippen LogP contribution in [-0.2, 0) is 0 Å². The first-order valence-electron chi connectivity index (χ1n) is 8.93. The number of hydrogen-bond donors (Lipinski definition) is 2. The van der Waals surface area contributed by atoms with Crippen molar-refractivity contribution in [2.75, 3.05) is 6.61 Å². The summed E-state index contributed by atoms with van der Waals surface area (Å²) in [6.45, 7) is 2.28. The first-order valence-corrected chi connectivity index (χ1v) is 8.93. The van der Waals surface area contributed by atoms with Crippen molar-refractivity contribution in [2.45, 2.75) is 38.6 Å². The summed E-state index contributed by atoms with van der Waals surface area (Å²) in [5, 5.41) is 10.5. The average molecular weight is 337 g/mol. The summed E-state index contributed by atoms with van der Waals surface area (Å²) in [6.07, 6.45) is 7.89. The summed E-state index contributed by atoms with van der Waals surface area (Å²) in [5.74, 6) is 1.06. The highest BCUT2D eigenvalue weighted by molar-refractivity contribution is 5.83. The van der Waals surface area contributed by atoms with Gasteiger partial charge in [0.25, 0.3) is 5.56 Å². The number of H-pyrrole nitrogens is 1. The molecule has 2 aromatic heterocycles. The zero-order chi connectivity index (χ0) is 17.4. The highest BCUT2D eigenvalue weighted by Crippen LogP contribution is 2.34. The van der Waals surface area contributed by atoms with E-state index in [2.05, 4.69) is 20.6 Å². The Labute approximate surface area is 146 Å². The number of rotatable bonds is 3. The third kappa shape index (κ3) is 3.00. The van der Waals surface area contributed by atoms with Gasteiger partial charge in [0.2, 0.25) is 0 Å². The highest BCUT2D eigenvalue weighted by atomic mass is 16.3. The van der Waals surface area contributed by atoms with Gasteiger partial charge >= 0.3 is 0 Å². The lowest BCUT2D eigenvalue weighted by molar-refractivity contribution is 0.163. The fourth-order valence-corrected chi connectivity index (χ4v) is 3.99. The molecule has 0 spiro atoms. The lowest BCUT2D eigenvalue weighted by atomic mass is 9.86. The number of fused-ring (bicyclic) bond motifs is 1. The molecular formula is C20H23N3O2. The van der Waals surface area contributed by atoms with E-state index >= 15 is 0 Å². The molecule has 2 heterocycles. The molecule has 0 saturated heterocycles. The normalized spacial score (nSPS) is 20.9. The molecule has 0 aliphatic heterocycles. The Bertz CT molecular complexity index is 957. The molecule has 0 unspecified atom stereocenters. The van der Waals surface area contributed by atoms with Crippen LogP contribution in [-0.4, -0.2) is 26.2 Å². The number of benzene rings is 1. The number of aromatic amines is 1. The number of aliphatic hydroxyl groups is 1. The molecule has 0 radical (unpaired) electrons. The monoisotopic (exact) mass is 337 g/mol. The molecule has 0 amide bonds. The molecule has 2 atom stereocenters. The van der Waals surface area contributed by atoms with Crippen molar-refractivity contribution >= 4 is 10.9 Å². The minimum atomic E-state index is -0.113. The van der Waals surface area contributed by atoms with Crippen molar-refractivity contribution in [3.8, 4) is 11.4 Å². The van der Waals surface area contributed by atoms with Crippen LogP contribution in [0.25, 0.3) is 22.3 Å². The first-order chi connectivity index (χ1) is 12.2. The molecule has 4 rings (SSSR count). The minimum Gasteiger partial charge on any atom is -0.396 e. The maximum atomic E-state index is 12.6. The van der Waals surface area contributed by atoms with Crippen molar-refractivity contribution < 1.29 is 5.11 Å². The quantitative estimate of drug-likeness (QED) is 0.769. The molecule has 1 aliphatic carbocycles. The van der Waals surface area contributed by atoms with Crippen molar-refractivity contribution in [3.05, 3.63) is 52.6 Å². The average Bonchev–Trinajstić information content (AvgIpc) is 3.11. The molecular weight excluding hydrogens is 314 g/mol. The van der Waals surface area contributed by atoms with E-state index in [4.69, 9.17) is 0 Å². The Hall–Kier alpha value is -2.40. The second-order valence-corrected chi connectivity index (χ2v) is 7.13. The lowest BCUT2D eigenvalue weighted by Crippen LogP contribution is -2.22. The highest BCUT2D eigenvalue weighted by Gasteiger charge is 2.25. The van der Waals surface area contributed by atoms with Crippen LogP contribution in [0.5, 0.6) is 0 Å². The van der Waals surface area contributed by atoms with E-state index in [9.17, 15) is 9.90 Å². The molecule has 5 nitrogen and oxygen atoms in total. The number of aliphatic hydroxyl groups excluding tert-OH is 1. The van der Waals surface area contributed by atoms with Crippen LogP contribution in [0.4, 0.5) is 0 Å². The third-order valence-electron chi connectivity index (χ3n) is 5.32. The Morgan fingerprint density at radius 1 is 1.32 bits per heavy atom. The van der Waals surface area contributed by atoms with E-state index in [1.165, 1.54) is 0 Å². The van der Waals surface area contributed by atoms with Crippen LogP contribution in [0.15, 0.2) is 41.5 Å². The standard InChI is InChI=1S/C20H23N3O2/c1-13-5-6-18-15(9-13)11-17(20(25)22-18)19-21-7-8-23(19)16-4-2-3-14(10-16)12-24/h5-9,11,14,16,24H,2-4,10,12H2,1H3,(H,22,25)/t14-,16+/m1/s1. The molecule has 1 aliphatic rings. The van der Waals surface area contributed by atoms with Gasteiger partial charge < -0.3 is 14.7 Å². The molecule has 2 N–H and O–H groups in total. The SMILES string of the molecule is Cc1ccc2[nH]c(=O)c(-c3nccn3[C@H]3CCC[C@@H](CO)C3)cc2c1. The summed E-state index contributed by atoms with van der Waals surface area (Å²) in [6, 6.07) is 8.23. The summed E-state index contributed by atoms with van der Waals surface area (Å²) in [7, 11) is 0. The summed E-state index contributed by atoms with van der Waals surface area (Å²) in [4.78, 5) is 20.1. The predicted molar refractivity (Wildman–Crippen MR) is 98.6 cm³/mol. The fraction of sp³-hybridized carbons (Fsp3) is 0.400. The van der Waals surface area contributed by atoms with Crippen LogP contribution in [0, 0.1) is 12.8 Å². The van der Waals surface area contributed by atoms with Gasteiger partial charge in [-0.2, -0.15) is 0 Å². The van der Waals surface area contributed by atoms with E-state index in [-0.39, 0.29) is 18.2 Å². The second-order valence-electron chi connectivity index (χ2n) is 7.13. The van der Waals surface area contributed by atoms with E-state index in [1.807, 2.05) is 31.3 Å². The zero-order valence-electron chi connectivity index (χ0n) is 14.4. The van der Waals surface area contributed by atoms with Gasteiger partial charge in [0.15, 0.2) is 0 Å². The molecule has 1 saturated carbocycles. The number of aromatic nitrogens is 3. The number of pyridine rings is 1. The topological polar surface area (TPSA) is 70.9 Å². The predicted octanol–water partition coefficient (Wildman–Crippen LogP) is 3.42. The van der Waals surface area contributed by atoms with Gasteiger partial charge in [-0.25, -0.2) is 4.98 Å². The molecule has 5 heteroatoms. The molecule has 3 aromatic rings. The molecule has 25 heavy (non-hydrogen) atoms. The van der Waals surface area contributed by atoms with Gasteiger partial charge in [-0.15, -0.1) is 0 Å². The van der Waals surface area contributed by atoms with Crippen molar-refractivity contribution in [2.24, 2.45) is 5.92 Å². The van der Waals surface area contributed by atoms with Crippen LogP contribution in [0.3, 0.4) is 0 Å². The maximum absolute atomic E-state index is 12.6. The Morgan fingerprint density at radius 2 is 2.20 bits per heavy atom. The number of nitrogens with one attached hydrogen (secondary N) is 1. The minimum absolute atomic E-state index is 0.113. The number of imidazole rings is 1. The molecule has 1 aromatic carbocycles. The Balaban J connectivity index is 1.78. The summed E-state index contributed by atoms with van der Waals surface area (Å²) < 4.78 is 2.12. The van der Waals surface area contributed by atoms with Crippen molar-refractivity contribution in [1.29, 1.82) is 0 Å². The summed E-state index contributed by atoms with van der Waals surface area (Å²) >= 11 is 0. The zero-order valence-corrected chi connectivity index (χ0v) is 14.4. The van der Waals surface area contributed by atoms with Gasteiger partial charge in [0.05, 0.1) is 5.56 Å². The Kier molecular flexibility index (Phi) is 4.17. The van der Waals surface area contributed by atoms with Crippen LogP contribution < -0.4 is 5.56 Å². The van der Waals surface area contributed by atoms with Crippen LogP contribution >= 0.6 is 0 Å². The largest absolute Gasteiger partial charge is 0.396 e. The van der Waals surface area contributed by atoms with Crippen molar-refractivity contribution in [1.82, 2.24) is 14.5 Å². The number of aryl methyl sites for hydroxylation is 1. The van der Waals surface area contributed by atoms with E-state index in [0.29, 0.717) is 17.3 Å². The van der Waals surface area contributed by atoms with E-state index in [0.717, 1.165) is 42.1 Å². The third-order valence-corrected chi connectivity index (χ3v) is 5.32. The number of nitrogens with zero attached hydrogens (tertiary/aromatic N) is 2. The van der Waals surface area contributed by atoms with Crippen molar-refractivity contribution in [3.63, 3.8) is 0 Å². The number of hydrogen-bond acceptors (Lipinski definition) is 3. The maximum Gasteiger partial charge on any atom is 0.259 e. The van der Waals surface area contributed by atoms with Gasteiger partial charge in [0.1, 0.15) is 5.82 Å². The van der Waals surface area contributed by atoms with Crippen LogP contribution in [0.1, 0.15) is 37.3 Å². The molecule has 0 bridgehead atoms. The fourth-order valence-electron chi connectivity index (χ4n) is 3.99. The van der Waals surface area contributed by atoms with Gasteiger partial charge in [-0.05, 0) is 55.7 Å². The smallest absolute Gasteiger partial charge is 0.259 e. The Morgan fingerprint density at radius 3 is 3.04 bits per heavy atom.